The molecular weight excluding hydrogens is 434 g/mol. The molecule has 0 aliphatic carbocycles. The minimum absolute atomic E-state index is 0.111. The molecule has 2 fully saturated rings. The van der Waals surface area contributed by atoms with Gasteiger partial charge in [-0.05, 0) is 37.0 Å². The number of anilines is 2. The number of carbonyl (C=O) groups excluding carboxylic acids is 3. The third-order valence-electron chi connectivity index (χ3n) is 6.84. The summed E-state index contributed by atoms with van der Waals surface area (Å²) in [7, 11) is 0. The van der Waals surface area contributed by atoms with Gasteiger partial charge in [0.15, 0.2) is 5.75 Å². The lowest BCUT2D eigenvalue weighted by atomic mass is 9.96. The van der Waals surface area contributed by atoms with E-state index in [2.05, 4.69) is 15.1 Å². The van der Waals surface area contributed by atoms with Gasteiger partial charge in [0.2, 0.25) is 11.8 Å². The van der Waals surface area contributed by atoms with Gasteiger partial charge in [0, 0.05) is 19.5 Å². The van der Waals surface area contributed by atoms with E-state index in [-0.39, 0.29) is 29.7 Å². The van der Waals surface area contributed by atoms with Crippen LogP contribution in [0.4, 0.5) is 11.4 Å². The van der Waals surface area contributed by atoms with Gasteiger partial charge in [0.05, 0.1) is 23.8 Å². The molecule has 3 aliphatic heterocycles. The van der Waals surface area contributed by atoms with Crippen LogP contribution < -0.4 is 19.9 Å². The largest absolute Gasteiger partial charge is 0.487 e. The van der Waals surface area contributed by atoms with Crippen molar-refractivity contribution in [3.05, 3.63) is 54.1 Å². The van der Waals surface area contributed by atoms with Crippen LogP contribution in [-0.4, -0.2) is 50.1 Å². The molecule has 5 rings (SSSR count). The Morgan fingerprint density at radius 2 is 1.74 bits per heavy atom. The second-order valence-electron chi connectivity index (χ2n) is 8.99. The molecule has 2 aromatic carbocycles. The molecule has 8 nitrogen and oxygen atoms in total. The molecule has 2 saturated heterocycles. The van der Waals surface area contributed by atoms with Crippen molar-refractivity contribution in [2.45, 2.75) is 38.3 Å². The van der Waals surface area contributed by atoms with Crippen molar-refractivity contribution in [3.8, 4) is 5.75 Å². The fraction of sp³-hybridized carbons (Fsp3) is 0.423. The van der Waals surface area contributed by atoms with Crippen molar-refractivity contribution in [2.24, 2.45) is 5.92 Å². The molecule has 2 aromatic rings. The Hall–Kier alpha value is -3.55. The first-order chi connectivity index (χ1) is 16.6. The summed E-state index contributed by atoms with van der Waals surface area (Å²) in [6.07, 6.45) is 2.28. The molecule has 178 valence electrons. The molecule has 1 atom stereocenters. The van der Waals surface area contributed by atoms with Gasteiger partial charge in [-0.25, -0.2) is 0 Å². The fourth-order valence-electron chi connectivity index (χ4n) is 5.01. The molecular formula is C26H29N3O5. The van der Waals surface area contributed by atoms with E-state index in [0.29, 0.717) is 45.4 Å². The first-order valence-electron chi connectivity index (χ1n) is 11.9. The Bertz CT molecular complexity index is 1070. The zero-order valence-corrected chi connectivity index (χ0v) is 19.1. The van der Waals surface area contributed by atoms with Crippen LogP contribution in [0.2, 0.25) is 0 Å². The lowest BCUT2D eigenvalue weighted by Crippen LogP contribution is -2.54. The number of amides is 2. The molecule has 1 unspecified atom stereocenters. The quantitative estimate of drug-likeness (QED) is 0.539. The second kappa shape index (κ2) is 9.75. The number of benzene rings is 2. The van der Waals surface area contributed by atoms with Gasteiger partial charge in [0.1, 0.15) is 19.3 Å². The number of fused-ring (bicyclic) bond motifs is 1. The number of esters is 1. The SMILES string of the molecule is O=C1CCC(N2CCOc3c(N4CCC(C(=O)OCc5ccccc5)CC4)cccc32)C(=O)N1. The Kier molecular flexibility index (Phi) is 6.38. The fourth-order valence-corrected chi connectivity index (χ4v) is 5.01. The highest BCUT2D eigenvalue weighted by Gasteiger charge is 2.36. The number of ether oxygens (including phenoxy) is 2. The van der Waals surface area contributed by atoms with Crippen molar-refractivity contribution < 1.29 is 23.9 Å². The zero-order chi connectivity index (χ0) is 23.5. The molecule has 34 heavy (non-hydrogen) atoms. The highest BCUT2D eigenvalue weighted by molar-refractivity contribution is 6.02. The second-order valence-corrected chi connectivity index (χ2v) is 8.99. The van der Waals surface area contributed by atoms with E-state index in [1.165, 1.54) is 0 Å². The minimum atomic E-state index is -0.374. The van der Waals surface area contributed by atoms with E-state index in [1.54, 1.807) is 0 Å². The molecule has 8 heteroatoms. The number of para-hydroxylation sites is 1. The summed E-state index contributed by atoms with van der Waals surface area (Å²) in [5.41, 5.74) is 2.84. The van der Waals surface area contributed by atoms with Crippen LogP contribution in [-0.2, 0) is 25.7 Å². The van der Waals surface area contributed by atoms with E-state index in [4.69, 9.17) is 9.47 Å². The van der Waals surface area contributed by atoms with Crippen molar-refractivity contribution in [1.29, 1.82) is 0 Å². The first kappa shape index (κ1) is 22.3. The molecule has 0 bridgehead atoms. The predicted octanol–water partition coefficient (Wildman–Crippen LogP) is 2.65. The molecule has 0 saturated carbocycles. The Balaban J connectivity index is 1.24. The number of hydrogen-bond donors (Lipinski definition) is 1. The van der Waals surface area contributed by atoms with Crippen molar-refractivity contribution in [2.75, 3.05) is 36.0 Å². The lowest BCUT2D eigenvalue weighted by molar-refractivity contribution is -0.150. The molecule has 0 spiro atoms. The van der Waals surface area contributed by atoms with Gasteiger partial charge in [0.25, 0.3) is 0 Å². The number of nitrogens with zero attached hydrogens (tertiary/aromatic N) is 2. The van der Waals surface area contributed by atoms with Crippen LogP contribution in [0.15, 0.2) is 48.5 Å². The topological polar surface area (TPSA) is 88.2 Å². The predicted molar refractivity (Wildman–Crippen MR) is 127 cm³/mol. The van der Waals surface area contributed by atoms with E-state index >= 15 is 0 Å². The third kappa shape index (κ3) is 4.58. The van der Waals surface area contributed by atoms with Crippen LogP contribution in [0.5, 0.6) is 5.75 Å². The van der Waals surface area contributed by atoms with E-state index in [0.717, 1.165) is 35.8 Å². The van der Waals surface area contributed by atoms with Gasteiger partial charge in [-0.15, -0.1) is 0 Å². The molecule has 3 aliphatic rings. The van der Waals surface area contributed by atoms with Gasteiger partial charge < -0.3 is 19.3 Å². The molecule has 0 aromatic heterocycles. The van der Waals surface area contributed by atoms with Gasteiger partial charge >= 0.3 is 5.97 Å². The zero-order valence-electron chi connectivity index (χ0n) is 19.1. The molecule has 3 heterocycles. The van der Waals surface area contributed by atoms with Crippen LogP contribution in [0.1, 0.15) is 31.2 Å². The average molecular weight is 464 g/mol. The normalized spacial score (nSPS) is 20.9. The van der Waals surface area contributed by atoms with Gasteiger partial charge in [-0.3, -0.25) is 19.7 Å². The summed E-state index contributed by atoms with van der Waals surface area (Å²) >= 11 is 0. The van der Waals surface area contributed by atoms with Crippen LogP contribution >= 0.6 is 0 Å². The number of piperidine rings is 2. The van der Waals surface area contributed by atoms with Crippen LogP contribution in [0, 0.1) is 5.92 Å². The lowest BCUT2D eigenvalue weighted by Gasteiger charge is -2.40. The van der Waals surface area contributed by atoms with Crippen molar-refractivity contribution in [3.63, 3.8) is 0 Å². The smallest absolute Gasteiger partial charge is 0.309 e. The summed E-state index contributed by atoms with van der Waals surface area (Å²) in [6, 6.07) is 15.3. The van der Waals surface area contributed by atoms with Crippen molar-refractivity contribution in [1.82, 2.24) is 5.32 Å². The summed E-state index contributed by atoms with van der Waals surface area (Å²) in [4.78, 5) is 40.9. The van der Waals surface area contributed by atoms with Gasteiger partial charge in [-0.2, -0.15) is 0 Å². The number of nitrogens with one attached hydrogen (secondary N) is 1. The maximum absolute atomic E-state index is 12.6. The maximum Gasteiger partial charge on any atom is 0.309 e. The Morgan fingerprint density at radius 1 is 0.971 bits per heavy atom. The Labute approximate surface area is 198 Å². The number of rotatable bonds is 5. The molecule has 2 amide bonds. The molecule has 0 radical (unpaired) electrons. The first-order valence-corrected chi connectivity index (χ1v) is 11.9. The monoisotopic (exact) mass is 463 g/mol. The summed E-state index contributed by atoms with van der Waals surface area (Å²) < 4.78 is 11.6. The number of imide groups is 1. The standard InChI is InChI=1S/C26H29N3O5/c30-23-10-9-22(25(31)27-23)29-15-16-33-24-20(7-4-8-21(24)29)28-13-11-19(12-14-28)26(32)34-17-18-5-2-1-3-6-18/h1-8,19,22H,9-17H2,(H,27,30,31). The van der Waals surface area contributed by atoms with Gasteiger partial charge in [-0.1, -0.05) is 36.4 Å². The van der Waals surface area contributed by atoms with Crippen LogP contribution in [0.3, 0.4) is 0 Å². The number of hydrogen-bond acceptors (Lipinski definition) is 7. The highest BCUT2D eigenvalue weighted by atomic mass is 16.5. The van der Waals surface area contributed by atoms with E-state index < -0.39 is 0 Å². The third-order valence-corrected chi connectivity index (χ3v) is 6.84. The van der Waals surface area contributed by atoms with Crippen molar-refractivity contribution >= 4 is 29.2 Å². The number of carbonyl (C=O) groups is 3. The maximum atomic E-state index is 12.6. The summed E-state index contributed by atoms with van der Waals surface area (Å²) in [6.45, 7) is 2.82. The van der Waals surface area contributed by atoms with Crippen LogP contribution in [0.25, 0.3) is 0 Å². The van der Waals surface area contributed by atoms with E-state index in [9.17, 15) is 14.4 Å². The summed E-state index contributed by atoms with van der Waals surface area (Å²) in [5.74, 6) is 0.0563. The highest BCUT2D eigenvalue weighted by Crippen LogP contribution is 2.42. The minimum Gasteiger partial charge on any atom is -0.487 e. The Morgan fingerprint density at radius 3 is 2.50 bits per heavy atom. The molecule has 1 N–H and O–H groups in total. The summed E-state index contributed by atoms with van der Waals surface area (Å²) in [5, 5.41) is 2.46. The average Bonchev–Trinajstić information content (AvgIpc) is 2.87. The van der Waals surface area contributed by atoms with E-state index in [1.807, 2.05) is 48.5 Å².